The van der Waals surface area contributed by atoms with Crippen LogP contribution in [0.15, 0.2) is 12.1 Å². The van der Waals surface area contributed by atoms with E-state index in [-0.39, 0.29) is 16.9 Å². The average Bonchev–Trinajstić information content (AvgIpc) is 2.43. The summed E-state index contributed by atoms with van der Waals surface area (Å²) in [6.07, 6.45) is 1.91. The molecule has 0 atom stereocenters. The molecular formula is C12H15FN2O4S. The molecule has 8 heteroatoms. The summed E-state index contributed by atoms with van der Waals surface area (Å²) in [4.78, 5) is 23.4. The second-order valence-corrected chi connectivity index (χ2v) is 4.97. The Balaban J connectivity index is 3.30. The number of benzene rings is 1. The van der Waals surface area contributed by atoms with Crippen LogP contribution < -0.4 is 4.90 Å². The molecule has 0 aromatic heterocycles. The van der Waals surface area contributed by atoms with Gasteiger partial charge in [-0.15, -0.1) is 0 Å². The molecule has 0 radical (unpaired) electrons. The van der Waals surface area contributed by atoms with Gasteiger partial charge in [-0.25, -0.2) is 9.18 Å². The van der Waals surface area contributed by atoms with Gasteiger partial charge in [0.2, 0.25) is 0 Å². The highest BCUT2D eigenvalue weighted by atomic mass is 32.2. The molecule has 0 heterocycles. The van der Waals surface area contributed by atoms with Crippen molar-refractivity contribution < 1.29 is 18.8 Å². The summed E-state index contributed by atoms with van der Waals surface area (Å²) in [5.74, 6) is -1.08. The quantitative estimate of drug-likeness (QED) is 0.456. The maximum atomic E-state index is 13.7. The Morgan fingerprint density at radius 2 is 2.20 bits per heavy atom. The molecule has 0 bridgehead atoms. The number of anilines is 1. The van der Waals surface area contributed by atoms with E-state index < -0.39 is 16.7 Å². The van der Waals surface area contributed by atoms with Crippen LogP contribution in [-0.2, 0) is 4.74 Å². The first-order valence-electron chi connectivity index (χ1n) is 5.68. The number of ether oxygens (including phenoxy) is 1. The van der Waals surface area contributed by atoms with Crippen LogP contribution in [0.4, 0.5) is 15.8 Å². The Morgan fingerprint density at radius 1 is 1.55 bits per heavy atom. The van der Waals surface area contributed by atoms with Crippen molar-refractivity contribution in [3.8, 4) is 0 Å². The normalized spacial score (nSPS) is 10.2. The molecule has 20 heavy (non-hydrogen) atoms. The summed E-state index contributed by atoms with van der Waals surface area (Å²) in [6.45, 7) is 0.536. The standard InChI is InChI=1S/C12H15FN2O4S/c1-14(4-5-20-3)10-6-8(12(16)19-2)9(13)7-11(10)15(17)18/h6-7H,4-5H2,1-3H3. The van der Waals surface area contributed by atoms with E-state index in [0.717, 1.165) is 25.0 Å². The molecular weight excluding hydrogens is 287 g/mol. The molecule has 0 N–H and O–H groups in total. The van der Waals surface area contributed by atoms with Gasteiger partial charge in [0, 0.05) is 19.3 Å². The molecule has 0 aliphatic carbocycles. The van der Waals surface area contributed by atoms with Crippen molar-refractivity contribution in [2.75, 3.05) is 37.6 Å². The summed E-state index contributed by atoms with van der Waals surface area (Å²) in [5.41, 5.74) is -0.506. The number of hydrogen-bond acceptors (Lipinski definition) is 6. The maximum Gasteiger partial charge on any atom is 0.340 e. The summed E-state index contributed by atoms with van der Waals surface area (Å²) < 4.78 is 18.2. The van der Waals surface area contributed by atoms with Crippen LogP contribution >= 0.6 is 11.8 Å². The van der Waals surface area contributed by atoms with Gasteiger partial charge in [-0.1, -0.05) is 0 Å². The fraction of sp³-hybridized carbons (Fsp3) is 0.417. The maximum absolute atomic E-state index is 13.7. The van der Waals surface area contributed by atoms with E-state index in [1.54, 1.807) is 23.7 Å². The van der Waals surface area contributed by atoms with Crippen LogP contribution in [0.2, 0.25) is 0 Å². The summed E-state index contributed by atoms with van der Waals surface area (Å²) in [6, 6.07) is 1.90. The number of methoxy groups -OCH3 is 1. The first kappa shape index (κ1) is 16.2. The number of esters is 1. The highest BCUT2D eigenvalue weighted by Gasteiger charge is 2.24. The van der Waals surface area contributed by atoms with Gasteiger partial charge in [0.25, 0.3) is 5.69 Å². The minimum Gasteiger partial charge on any atom is -0.465 e. The van der Waals surface area contributed by atoms with Crippen molar-refractivity contribution in [1.29, 1.82) is 0 Å². The number of thioether (sulfide) groups is 1. The van der Waals surface area contributed by atoms with Crippen molar-refractivity contribution in [2.45, 2.75) is 0 Å². The van der Waals surface area contributed by atoms with E-state index in [4.69, 9.17) is 0 Å². The Bertz CT molecular complexity index is 524. The molecule has 0 aliphatic rings. The zero-order valence-corrected chi connectivity index (χ0v) is 12.2. The van der Waals surface area contributed by atoms with E-state index in [2.05, 4.69) is 4.74 Å². The van der Waals surface area contributed by atoms with Crippen LogP contribution in [0.5, 0.6) is 0 Å². The third-order valence-corrected chi connectivity index (χ3v) is 3.30. The number of nitro groups is 1. The molecule has 0 amide bonds. The predicted molar refractivity (Wildman–Crippen MR) is 76.0 cm³/mol. The molecule has 1 aromatic carbocycles. The lowest BCUT2D eigenvalue weighted by atomic mass is 10.1. The van der Waals surface area contributed by atoms with Gasteiger partial charge >= 0.3 is 5.97 Å². The molecule has 0 aliphatic heterocycles. The predicted octanol–water partition coefficient (Wildman–Crippen LogP) is 2.32. The SMILES string of the molecule is COC(=O)c1cc(N(C)CCSC)c([N+](=O)[O-])cc1F. The van der Waals surface area contributed by atoms with Gasteiger partial charge in [-0.3, -0.25) is 10.1 Å². The Morgan fingerprint density at radius 3 is 2.70 bits per heavy atom. The van der Waals surface area contributed by atoms with Gasteiger partial charge in [-0.05, 0) is 12.3 Å². The smallest absolute Gasteiger partial charge is 0.340 e. The van der Waals surface area contributed by atoms with Crippen LogP contribution in [0, 0.1) is 15.9 Å². The molecule has 6 nitrogen and oxygen atoms in total. The number of nitro benzene ring substituents is 1. The molecule has 0 saturated heterocycles. The van der Waals surface area contributed by atoms with E-state index in [9.17, 15) is 19.3 Å². The lowest BCUT2D eigenvalue weighted by Crippen LogP contribution is -2.22. The highest BCUT2D eigenvalue weighted by Crippen LogP contribution is 2.30. The van der Waals surface area contributed by atoms with E-state index in [1.807, 2.05) is 6.26 Å². The van der Waals surface area contributed by atoms with Crippen LogP contribution in [0.25, 0.3) is 0 Å². The van der Waals surface area contributed by atoms with E-state index in [1.165, 1.54) is 0 Å². The summed E-state index contributed by atoms with van der Waals surface area (Å²) >= 11 is 1.58. The topological polar surface area (TPSA) is 72.7 Å². The average molecular weight is 302 g/mol. The molecule has 0 fully saturated rings. The number of rotatable bonds is 6. The van der Waals surface area contributed by atoms with Gasteiger partial charge in [-0.2, -0.15) is 11.8 Å². The summed E-state index contributed by atoms with van der Waals surface area (Å²) in [7, 11) is 2.78. The lowest BCUT2D eigenvalue weighted by Gasteiger charge is -2.19. The Labute approximate surface area is 120 Å². The van der Waals surface area contributed by atoms with E-state index >= 15 is 0 Å². The molecule has 0 spiro atoms. The van der Waals surface area contributed by atoms with Crippen LogP contribution in [-0.4, -0.2) is 43.6 Å². The van der Waals surface area contributed by atoms with Gasteiger partial charge in [0.05, 0.1) is 23.7 Å². The third-order valence-electron chi connectivity index (χ3n) is 2.71. The fourth-order valence-electron chi connectivity index (χ4n) is 1.62. The van der Waals surface area contributed by atoms with E-state index in [0.29, 0.717) is 6.54 Å². The van der Waals surface area contributed by atoms with Crippen LogP contribution in [0.1, 0.15) is 10.4 Å². The monoisotopic (exact) mass is 302 g/mol. The second kappa shape index (κ2) is 7.09. The number of hydrogen-bond donors (Lipinski definition) is 0. The summed E-state index contributed by atoms with van der Waals surface area (Å²) in [5, 5.41) is 11.0. The van der Waals surface area contributed by atoms with Crippen molar-refractivity contribution >= 4 is 29.1 Å². The second-order valence-electron chi connectivity index (χ2n) is 3.98. The minimum absolute atomic E-state index is 0.186. The molecule has 110 valence electrons. The number of nitrogens with zero attached hydrogens (tertiary/aromatic N) is 2. The number of carbonyl (C=O) groups is 1. The van der Waals surface area contributed by atoms with Gasteiger partial charge < -0.3 is 9.64 Å². The third kappa shape index (κ3) is 3.60. The first-order valence-corrected chi connectivity index (χ1v) is 7.08. The van der Waals surface area contributed by atoms with Crippen molar-refractivity contribution in [3.63, 3.8) is 0 Å². The Kier molecular flexibility index (Phi) is 5.75. The number of halogens is 1. The minimum atomic E-state index is -0.967. The molecule has 1 rings (SSSR count). The zero-order chi connectivity index (χ0) is 15.3. The van der Waals surface area contributed by atoms with Crippen molar-refractivity contribution in [1.82, 2.24) is 0 Å². The molecule has 0 unspecified atom stereocenters. The zero-order valence-electron chi connectivity index (χ0n) is 11.4. The van der Waals surface area contributed by atoms with Crippen molar-refractivity contribution in [3.05, 3.63) is 33.6 Å². The largest absolute Gasteiger partial charge is 0.465 e. The highest BCUT2D eigenvalue weighted by molar-refractivity contribution is 7.98. The van der Waals surface area contributed by atoms with Gasteiger partial charge in [0.15, 0.2) is 0 Å². The fourth-order valence-corrected chi connectivity index (χ4v) is 2.07. The number of carbonyl (C=O) groups excluding carboxylic acids is 1. The molecule has 1 aromatic rings. The van der Waals surface area contributed by atoms with Gasteiger partial charge in [0.1, 0.15) is 11.5 Å². The lowest BCUT2D eigenvalue weighted by molar-refractivity contribution is -0.384. The first-order chi connectivity index (χ1) is 9.42. The molecule has 0 saturated carbocycles. The van der Waals surface area contributed by atoms with Crippen LogP contribution in [0.3, 0.4) is 0 Å². The van der Waals surface area contributed by atoms with Crippen molar-refractivity contribution in [2.24, 2.45) is 0 Å². The Hall–Kier alpha value is -1.83.